The summed E-state index contributed by atoms with van der Waals surface area (Å²) in [5.74, 6) is 0.805. The predicted molar refractivity (Wildman–Crippen MR) is 80.6 cm³/mol. The maximum atomic E-state index is 3.45. The van der Waals surface area contributed by atoms with E-state index in [1.54, 1.807) is 5.56 Å². The molecule has 0 unspecified atom stereocenters. The lowest BCUT2D eigenvalue weighted by Gasteiger charge is -2.39. The van der Waals surface area contributed by atoms with Crippen molar-refractivity contribution in [1.29, 1.82) is 0 Å². The SMILES string of the molecule is Cc1ccc(C2CCC(N3CCNCC3)CC2)cc1. The van der Waals surface area contributed by atoms with E-state index in [9.17, 15) is 0 Å². The fraction of sp³-hybridized carbons (Fsp3) is 0.647. The minimum absolute atomic E-state index is 0.805. The van der Waals surface area contributed by atoms with Gasteiger partial charge in [0, 0.05) is 32.2 Å². The van der Waals surface area contributed by atoms with Crippen LogP contribution in [0.15, 0.2) is 24.3 Å². The first-order chi connectivity index (χ1) is 9.33. The second-order valence-corrected chi connectivity index (χ2v) is 6.20. The third-order valence-corrected chi connectivity index (χ3v) is 4.91. The molecule has 0 amide bonds. The molecule has 0 bridgehead atoms. The van der Waals surface area contributed by atoms with E-state index in [0.29, 0.717) is 0 Å². The van der Waals surface area contributed by atoms with E-state index in [-0.39, 0.29) is 0 Å². The normalized spacial score (nSPS) is 29.3. The predicted octanol–water partition coefficient (Wildman–Crippen LogP) is 2.93. The van der Waals surface area contributed by atoms with Gasteiger partial charge in [0.2, 0.25) is 0 Å². The van der Waals surface area contributed by atoms with Gasteiger partial charge in [0.05, 0.1) is 0 Å². The van der Waals surface area contributed by atoms with Gasteiger partial charge in [0.15, 0.2) is 0 Å². The molecule has 2 nitrogen and oxygen atoms in total. The molecule has 1 saturated heterocycles. The average molecular weight is 258 g/mol. The summed E-state index contributed by atoms with van der Waals surface area (Å²) in [6.45, 7) is 7.03. The Morgan fingerprint density at radius 2 is 1.58 bits per heavy atom. The van der Waals surface area contributed by atoms with Crippen LogP contribution in [0.5, 0.6) is 0 Å². The molecule has 0 aromatic heterocycles. The maximum Gasteiger partial charge on any atom is 0.0110 e. The van der Waals surface area contributed by atoms with Gasteiger partial charge in [-0.3, -0.25) is 4.90 Å². The van der Waals surface area contributed by atoms with Crippen LogP contribution in [0, 0.1) is 6.92 Å². The Bertz CT molecular complexity index is 384. The molecule has 1 aromatic rings. The molecule has 1 aliphatic heterocycles. The number of hydrogen-bond donors (Lipinski definition) is 1. The molecule has 1 aromatic carbocycles. The van der Waals surface area contributed by atoms with Gasteiger partial charge in [-0.25, -0.2) is 0 Å². The van der Waals surface area contributed by atoms with Crippen LogP contribution >= 0.6 is 0 Å². The molecular weight excluding hydrogens is 232 g/mol. The summed E-state index contributed by atoms with van der Waals surface area (Å²) in [6, 6.07) is 10.1. The molecule has 19 heavy (non-hydrogen) atoms. The number of benzene rings is 1. The van der Waals surface area contributed by atoms with E-state index >= 15 is 0 Å². The fourth-order valence-corrected chi connectivity index (χ4v) is 3.66. The van der Waals surface area contributed by atoms with E-state index in [0.717, 1.165) is 12.0 Å². The summed E-state index contributed by atoms with van der Waals surface area (Å²) in [7, 11) is 0. The molecule has 2 fully saturated rings. The molecule has 1 saturated carbocycles. The van der Waals surface area contributed by atoms with Crippen LogP contribution in [0.4, 0.5) is 0 Å². The molecule has 1 aliphatic carbocycles. The van der Waals surface area contributed by atoms with E-state index in [2.05, 4.69) is 41.4 Å². The van der Waals surface area contributed by atoms with Crippen LogP contribution in [0.1, 0.15) is 42.7 Å². The number of hydrogen-bond acceptors (Lipinski definition) is 2. The second-order valence-electron chi connectivity index (χ2n) is 6.20. The number of nitrogens with zero attached hydrogens (tertiary/aromatic N) is 1. The maximum absolute atomic E-state index is 3.45. The smallest absolute Gasteiger partial charge is 0.0110 e. The molecule has 0 spiro atoms. The molecule has 0 radical (unpaired) electrons. The molecule has 104 valence electrons. The third-order valence-electron chi connectivity index (χ3n) is 4.91. The Hall–Kier alpha value is -0.860. The van der Waals surface area contributed by atoms with Crippen molar-refractivity contribution >= 4 is 0 Å². The van der Waals surface area contributed by atoms with Gasteiger partial charge >= 0.3 is 0 Å². The van der Waals surface area contributed by atoms with Crippen molar-refractivity contribution in [3.8, 4) is 0 Å². The zero-order valence-corrected chi connectivity index (χ0v) is 12.1. The Labute approximate surface area is 117 Å². The van der Waals surface area contributed by atoms with Gasteiger partial charge in [-0.15, -0.1) is 0 Å². The molecular formula is C17H26N2. The van der Waals surface area contributed by atoms with E-state index in [1.807, 2.05) is 0 Å². The first kappa shape index (κ1) is 13.1. The monoisotopic (exact) mass is 258 g/mol. The van der Waals surface area contributed by atoms with Crippen molar-refractivity contribution < 1.29 is 0 Å². The van der Waals surface area contributed by atoms with Gasteiger partial charge in [-0.1, -0.05) is 29.8 Å². The van der Waals surface area contributed by atoms with Crippen molar-refractivity contribution in [2.24, 2.45) is 0 Å². The Balaban J connectivity index is 1.55. The average Bonchev–Trinajstić information content (AvgIpc) is 2.49. The Kier molecular flexibility index (Phi) is 4.19. The lowest BCUT2D eigenvalue weighted by molar-refractivity contribution is 0.133. The van der Waals surface area contributed by atoms with Crippen molar-refractivity contribution in [3.05, 3.63) is 35.4 Å². The fourth-order valence-electron chi connectivity index (χ4n) is 3.66. The highest BCUT2D eigenvalue weighted by molar-refractivity contribution is 5.24. The highest BCUT2D eigenvalue weighted by atomic mass is 15.2. The summed E-state index contributed by atoms with van der Waals surface area (Å²) < 4.78 is 0. The van der Waals surface area contributed by atoms with Crippen molar-refractivity contribution in [3.63, 3.8) is 0 Å². The topological polar surface area (TPSA) is 15.3 Å². The van der Waals surface area contributed by atoms with E-state index in [4.69, 9.17) is 0 Å². The van der Waals surface area contributed by atoms with Gasteiger partial charge < -0.3 is 5.32 Å². The number of rotatable bonds is 2. The highest BCUT2D eigenvalue weighted by Gasteiger charge is 2.27. The van der Waals surface area contributed by atoms with Gasteiger partial charge in [-0.2, -0.15) is 0 Å². The molecule has 3 rings (SSSR count). The summed E-state index contributed by atoms with van der Waals surface area (Å²) in [5.41, 5.74) is 2.93. The largest absolute Gasteiger partial charge is 0.314 e. The number of piperazine rings is 1. The van der Waals surface area contributed by atoms with E-state index < -0.39 is 0 Å². The zero-order valence-electron chi connectivity index (χ0n) is 12.1. The Morgan fingerprint density at radius 1 is 0.947 bits per heavy atom. The lowest BCUT2D eigenvalue weighted by atomic mass is 9.81. The summed E-state index contributed by atoms with van der Waals surface area (Å²) >= 11 is 0. The van der Waals surface area contributed by atoms with Crippen molar-refractivity contribution in [1.82, 2.24) is 10.2 Å². The molecule has 1 heterocycles. The van der Waals surface area contributed by atoms with Crippen molar-refractivity contribution in [2.45, 2.75) is 44.6 Å². The van der Waals surface area contributed by atoms with Gasteiger partial charge in [-0.05, 0) is 44.1 Å². The summed E-state index contributed by atoms with van der Waals surface area (Å²) in [6.07, 6.45) is 5.52. The molecule has 0 atom stereocenters. The van der Waals surface area contributed by atoms with Gasteiger partial charge in [0.25, 0.3) is 0 Å². The summed E-state index contributed by atoms with van der Waals surface area (Å²) in [4.78, 5) is 2.71. The molecule has 2 heteroatoms. The minimum Gasteiger partial charge on any atom is -0.314 e. The van der Waals surface area contributed by atoms with Crippen LogP contribution < -0.4 is 5.32 Å². The first-order valence-electron chi connectivity index (χ1n) is 7.84. The first-order valence-corrected chi connectivity index (χ1v) is 7.84. The summed E-state index contributed by atoms with van der Waals surface area (Å²) in [5, 5.41) is 3.45. The standard InChI is InChI=1S/C17H26N2/c1-14-2-4-15(5-3-14)16-6-8-17(9-7-16)19-12-10-18-11-13-19/h2-5,16-18H,6-13H2,1H3. The van der Waals surface area contributed by atoms with Crippen LogP contribution in [0.3, 0.4) is 0 Å². The van der Waals surface area contributed by atoms with Crippen LogP contribution in [0.2, 0.25) is 0 Å². The van der Waals surface area contributed by atoms with Crippen molar-refractivity contribution in [2.75, 3.05) is 26.2 Å². The Morgan fingerprint density at radius 3 is 2.21 bits per heavy atom. The zero-order chi connectivity index (χ0) is 13.1. The van der Waals surface area contributed by atoms with Crippen LogP contribution in [-0.2, 0) is 0 Å². The minimum atomic E-state index is 0.805. The van der Waals surface area contributed by atoms with Gasteiger partial charge in [0.1, 0.15) is 0 Å². The van der Waals surface area contributed by atoms with Crippen LogP contribution in [0.25, 0.3) is 0 Å². The van der Waals surface area contributed by atoms with Crippen LogP contribution in [-0.4, -0.2) is 37.1 Å². The highest BCUT2D eigenvalue weighted by Crippen LogP contribution is 2.34. The molecule has 2 aliphatic rings. The lowest BCUT2D eigenvalue weighted by Crippen LogP contribution is -2.49. The third kappa shape index (κ3) is 3.18. The quantitative estimate of drug-likeness (QED) is 0.877. The van der Waals surface area contributed by atoms with E-state index in [1.165, 1.54) is 57.4 Å². The number of nitrogens with one attached hydrogen (secondary N) is 1. The second kappa shape index (κ2) is 6.06. The number of aryl methyl sites for hydroxylation is 1. The molecule has 1 N–H and O–H groups in total.